The van der Waals surface area contributed by atoms with Gasteiger partial charge in [-0.1, -0.05) is 6.07 Å². The molecule has 2 fully saturated rings. The summed E-state index contributed by atoms with van der Waals surface area (Å²) in [5.41, 5.74) is 1.14. The molecule has 1 amide bonds. The normalized spacial score (nSPS) is 23.0. The fourth-order valence-electron chi connectivity index (χ4n) is 3.05. The number of carbonyl (C=O) groups excluding carboxylic acids is 2. The van der Waals surface area contributed by atoms with Gasteiger partial charge >= 0.3 is 6.09 Å². The highest BCUT2D eigenvalue weighted by molar-refractivity contribution is 5.88. The summed E-state index contributed by atoms with van der Waals surface area (Å²) in [4.78, 5) is 29.1. The number of ether oxygens (including phenoxy) is 2. The summed E-state index contributed by atoms with van der Waals surface area (Å²) in [5.74, 6) is 1.34. The highest BCUT2D eigenvalue weighted by Crippen LogP contribution is 2.31. The lowest BCUT2D eigenvalue weighted by atomic mass is 9.84. The number of hydrogen-bond acceptors (Lipinski definition) is 5. The minimum absolute atomic E-state index is 0.247. The Morgan fingerprint density at radius 1 is 1.32 bits per heavy atom. The Hall–Kier alpha value is -1.95. The predicted octanol–water partition coefficient (Wildman–Crippen LogP) is 2.28. The molecule has 6 nitrogen and oxygen atoms in total. The van der Waals surface area contributed by atoms with E-state index in [2.05, 4.69) is 4.98 Å². The lowest BCUT2D eigenvalue weighted by Gasteiger charge is -2.21. The van der Waals surface area contributed by atoms with Gasteiger partial charge in [0.25, 0.3) is 0 Å². The maximum absolute atomic E-state index is 11.9. The van der Waals surface area contributed by atoms with Crippen LogP contribution in [0.5, 0.6) is 0 Å². The van der Waals surface area contributed by atoms with Gasteiger partial charge in [0.1, 0.15) is 17.7 Å². The fourth-order valence-corrected chi connectivity index (χ4v) is 3.05. The Kier molecular flexibility index (Phi) is 4.38. The Balaban J connectivity index is 1.66. The molecule has 118 valence electrons. The van der Waals surface area contributed by atoms with Crippen molar-refractivity contribution in [1.29, 1.82) is 0 Å². The first-order chi connectivity index (χ1) is 10.7. The number of methoxy groups -OCH3 is 1. The van der Waals surface area contributed by atoms with Crippen LogP contribution in [0.25, 0.3) is 0 Å². The number of nitrogens with zero attached hydrogens (tertiary/aromatic N) is 2. The third kappa shape index (κ3) is 3.11. The standard InChI is InChI=1S/C16H20N2O4/c1-21-10-14-9-18(16(20)22-14)15-7-4-12(8-17-15)11-2-5-13(19)6-3-11/h4,7-8,11,14H,2-3,5-6,9-10H2,1H3. The minimum Gasteiger partial charge on any atom is -0.441 e. The number of cyclic esters (lactones) is 1. The van der Waals surface area contributed by atoms with Crippen molar-refractivity contribution in [2.45, 2.75) is 37.7 Å². The zero-order valence-electron chi connectivity index (χ0n) is 12.7. The van der Waals surface area contributed by atoms with Gasteiger partial charge < -0.3 is 9.47 Å². The maximum Gasteiger partial charge on any atom is 0.416 e. The number of aromatic nitrogens is 1. The molecule has 0 spiro atoms. The second-order valence-corrected chi connectivity index (χ2v) is 5.83. The van der Waals surface area contributed by atoms with Gasteiger partial charge in [-0.3, -0.25) is 9.69 Å². The van der Waals surface area contributed by atoms with E-state index in [0.29, 0.717) is 43.5 Å². The van der Waals surface area contributed by atoms with E-state index < -0.39 is 0 Å². The van der Waals surface area contributed by atoms with Crippen LogP contribution in [-0.2, 0) is 14.3 Å². The molecule has 22 heavy (non-hydrogen) atoms. The van der Waals surface area contributed by atoms with Crippen molar-refractivity contribution in [3.8, 4) is 0 Å². The molecule has 1 unspecified atom stereocenters. The van der Waals surface area contributed by atoms with E-state index in [0.717, 1.165) is 18.4 Å². The molecule has 1 aliphatic carbocycles. The number of hydrogen-bond donors (Lipinski definition) is 0. The number of rotatable bonds is 4. The van der Waals surface area contributed by atoms with E-state index >= 15 is 0 Å². The van der Waals surface area contributed by atoms with Crippen molar-refractivity contribution in [2.24, 2.45) is 0 Å². The average Bonchev–Trinajstić information content (AvgIpc) is 2.89. The molecule has 0 radical (unpaired) electrons. The molecule has 1 saturated heterocycles. The monoisotopic (exact) mass is 304 g/mol. The third-order valence-electron chi connectivity index (χ3n) is 4.29. The van der Waals surface area contributed by atoms with E-state index in [9.17, 15) is 9.59 Å². The molecule has 1 aromatic heterocycles. The van der Waals surface area contributed by atoms with E-state index in [1.165, 1.54) is 4.90 Å². The smallest absolute Gasteiger partial charge is 0.416 e. The molecule has 1 aromatic rings. The number of anilines is 1. The first kappa shape index (κ1) is 15.0. The zero-order valence-corrected chi connectivity index (χ0v) is 12.7. The summed E-state index contributed by atoms with van der Waals surface area (Å²) in [6.45, 7) is 0.841. The van der Waals surface area contributed by atoms with Crippen LogP contribution < -0.4 is 4.90 Å². The van der Waals surface area contributed by atoms with Crippen LogP contribution in [0.3, 0.4) is 0 Å². The molecule has 2 heterocycles. The summed E-state index contributed by atoms with van der Waals surface area (Å²) >= 11 is 0. The van der Waals surface area contributed by atoms with E-state index in [1.807, 2.05) is 18.3 Å². The molecule has 1 saturated carbocycles. The van der Waals surface area contributed by atoms with Crippen LogP contribution in [-0.4, -0.2) is 43.2 Å². The van der Waals surface area contributed by atoms with Crippen LogP contribution in [0.15, 0.2) is 18.3 Å². The van der Waals surface area contributed by atoms with Crippen molar-refractivity contribution in [1.82, 2.24) is 4.98 Å². The minimum atomic E-state index is -0.384. The lowest BCUT2D eigenvalue weighted by molar-refractivity contribution is -0.120. The van der Waals surface area contributed by atoms with Crippen LogP contribution in [0.2, 0.25) is 0 Å². The van der Waals surface area contributed by atoms with Crippen molar-refractivity contribution >= 4 is 17.7 Å². The number of carbonyl (C=O) groups is 2. The quantitative estimate of drug-likeness (QED) is 0.853. The van der Waals surface area contributed by atoms with Gasteiger partial charge in [0.2, 0.25) is 0 Å². The number of Topliss-reactive ketones (excluding diaryl/α,β-unsaturated/α-hetero) is 1. The Labute approximate surface area is 129 Å². The van der Waals surface area contributed by atoms with E-state index in [-0.39, 0.29) is 12.2 Å². The second-order valence-electron chi connectivity index (χ2n) is 5.83. The van der Waals surface area contributed by atoms with Gasteiger partial charge in [0.05, 0.1) is 13.2 Å². The highest BCUT2D eigenvalue weighted by Gasteiger charge is 2.33. The van der Waals surface area contributed by atoms with Crippen LogP contribution >= 0.6 is 0 Å². The summed E-state index contributed by atoms with van der Waals surface area (Å²) in [6.07, 6.45) is 4.28. The van der Waals surface area contributed by atoms with Crippen LogP contribution in [0, 0.1) is 0 Å². The lowest BCUT2D eigenvalue weighted by Crippen LogP contribution is -2.26. The summed E-state index contributed by atoms with van der Waals surface area (Å²) in [7, 11) is 1.58. The third-order valence-corrected chi connectivity index (χ3v) is 4.29. The average molecular weight is 304 g/mol. The molecule has 1 aliphatic heterocycles. The van der Waals surface area contributed by atoms with E-state index in [4.69, 9.17) is 9.47 Å². The van der Waals surface area contributed by atoms with Crippen molar-refractivity contribution in [3.05, 3.63) is 23.9 Å². The first-order valence-corrected chi connectivity index (χ1v) is 7.62. The van der Waals surface area contributed by atoms with Gasteiger partial charge in [-0.2, -0.15) is 0 Å². The molecule has 0 bridgehead atoms. The zero-order chi connectivity index (χ0) is 15.5. The van der Waals surface area contributed by atoms with Gasteiger partial charge in [-0.25, -0.2) is 9.78 Å². The molecule has 6 heteroatoms. The summed E-state index contributed by atoms with van der Waals surface area (Å²) in [6, 6.07) is 3.85. The van der Waals surface area contributed by atoms with Crippen molar-refractivity contribution in [3.63, 3.8) is 0 Å². The topological polar surface area (TPSA) is 68.7 Å². The molecular formula is C16H20N2O4. The Morgan fingerprint density at radius 2 is 2.09 bits per heavy atom. The van der Waals surface area contributed by atoms with Gasteiger partial charge in [0, 0.05) is 26.1 Å². The van der Waals surface area contributed by atoms with Gasteiger partial charge in [0.15, 0.2) is 0 Å². The molecule has 1 atom stereocenters. The second kappa shape index (κ2) is 6.44. The number of pyridine rings is 1. The summed E-state index contributed by atoms with van der Waals surface area (Å²) < 4.78 is 10.2. The van der Waals surface area contributed by atoms with Crippen molar-refractivity contribution < 1.29 is 19.1 Å². The van der Waals surface area contributed by atoms with Gasteiger partial charge in [-0.05, 0) is 30.4 Å². The molecular weight excluding hydrogens is 284 g/mol. The van der Waals surface area contributed by atoms with Crippen LogP contribution in [0.4, 0.5) is 10.6 Å². The number of amides is 1. The predicted molar refractivity (Wildman–Crippen MR) is 79.9 cm³/mol. The fraction of sp³-hybridized carbons (Fsp3) is 0.562. The number of ketones is 1. The molecule has 2 aliphatic rings. The van der Waals surface area contributed by atoms with Crippen LogP contribution in [0.1, 0.15) is 37.2 Å². The molecule has 0 aromatic carbocycles. The molecule has 0 N–H and O–H groups in total. The maximum atomic E-state index is 11.9. The Morgan fingerprint density at radius 3 is 2.73 bits per heavy atom. The largest absolute Gasteiger partial charge is 0.441 e. The molecule has 3 rings (SSSR count). The van der Waals surface area contributed by atoms with Crippen molar-refractivity contribution in [2.75, 3.05) is 25.2 Å². The SMILES string of the molecule is COCC1CN(c2ccc(C3CCC(=O)CC3)cn2)C(=O)O1. The first-order valence-electron chi connectivity index (χ1n) is 7.62. The van der Waals surface area contributed by atoms with Gasteiger partial charge in [-0.15, -0.1) is 0 Å². The highest BCUT2D eigenvalue weighted by atomic mass is 16.6. The summed E-state index contributed by atoms with van der Waals surface area (Å²) in [5, 5.41) is 0. The van der Waals surface area contributed by atoms with E-state index in [1.54, 1.807) is 7.11 Å². The Bertz CT molecular complexity index is 548.